The van der Waals surface area contributed by atoms with Gasteiger partial charge < -0.3 is 19.4 Å². The monoisotopic (exact) mass is 322 g/mol. The summed E-state index contributed by atoms with van der Waals surface area (Å²) < 4.78 is 10.6. The lowest BCUT2D eigenvalue weighted by atomic mass is 10.2. The zero-order valence-corrected chi connectivity index (χ0v) is 13.9. The molecule has 2 heterocycles. The van der Waals surface area contributed by atoms with Gasteiger partial charge in [0.25, 0.3) is 5.91 Å². The molecule has 0 radical (unpaired) electrons. The summed E-state index contributed by atoms with van der Waals surface area (Å²) in [4.78, 5) is 26.1. The Hall–Kier alpha value is -1.82. The van der Waals surface area contributed by atoms with E-state index in [1.165, 1.54) is 12.5 Å². The summed E-state index contributed by atoms with van der Waals surface area (Å²) in [5.41, 5.74) is 0.505. The van der Waals surface area contributed by atoms with Crippen LogP contribution < -0.4 is 5.32 Å². The molecule has 0 aliphatic carbocycles. The maximum Gasteiger partial charge on any atom is 0.257 e. The second-order valence-corrected chi connectivity index (χ2v) is 6.35. The van der Waals surface area contributed by atoms with E-state index in [0.717, 1.165) is 19.4 Å². The van der Waals surface area contributed by atoms with Crippen molar-refractivity contribution in [3.05, 3.63) is 24.2 Å². The maximum atomic E-state index is 12.6. The largest absolute Gasteiger partial charge is 0.472 e. The molecular weight excluding hydrogens is 296 g/mol. The van der Waals surface area contributed by atoms with Gasteiger partial charge in [0.1, 0.15) is 6.26 Å². The van der Waals surface area contributed by atoms with Crippen LogP contribution in [0.15, 0.2) is 23.0 Å². The lowest BCUT2D eigenvalue weighted by molar-refractivity contribution is -0.121. The predicted molar refractivity (Wildman–Crippen MR) is 86.1 cm³/mol. The van der Waals surface area contributed by atoms with Crippen LogP contribution in [0.2, 0.25) is 0 Å². The zero-order chi connectivity index (χ0) is 16.7. The van der Waals surface area contributed by atoms with Gasteiger partial charge in [-0.2, -0.15) is 0 Å². The van der Waals surface area contributed by atoms with E-state index in [4.69, 9.17) is 9.15 Å². The van der Waals surface area contributed by atoms with Gasteiger partial charge in [-0.05, 0) is 24.8 Å². The van der Waals surface area contributed by atoms with E-state index in [2.05, 4.69) is 5.32 Å². The van der Waals surface area contributed by atoms with Crippen LogP contribution in [0.4, 0.5) is 0 Å². The van der Waals surface area contributed by atoms with Crippen LogP contribution in [0.5, 0.6) is 0 Å². The van der Waals surface area contributed by atoms with Crippen molar-refractivity contribution in [2.24, 2.45) is 5.92 Å². The molecule has 1 saturated heterocycles. The molecule has 0 spiro atoms. The molecule has 23 heavy (non-hydrogen) atoms. The van der Waals surface area contributed by atoms with Crippen molar-refractivity contribution in [1.29, 1.82) is 0 Å². The standard InChI is InChI=1S/C17H26N2O4/c1-13(2)10-18-16(20)5-7-19(11-15-4-3-8-23-15)17(21)14-6-9-22-12-14/h6,9,12-13,15H,3-5,7-8,10-11H2,1-2H3,(H,18,20). The summed E-state index contributed by atoms with van der Waals surface area (Å²) in [6.45, 7) is 6.39. The topological polar surface area (TPSA) is 71.8 Å². The number of nitrogens with zero attached hydrogens (tertiary/aromatic N) is 1. The lowest BCUT2D eigenvalue weighted by Gasteiger charge is -2.25. The van der Waals surface area contributed by atoms with E-state index in [0.29, 0.717) is 37.5 Å². The fraction of sp³-hybridized carbons (Fsp3) is 0.647. The van der Waals surface area contributed by atoms with Crippen LogP contribution in [0.25, 0.3) is 0 Å². The number of rotatable bonds is 8. The first-order chi connectivity index (χ1) is 11.1. The number of nitrogens with one attached hydrogen (secondary N) is 1. The summed E-state index contributed by atoms with van der Waals surface area (Å²) in [5.74, 6) is 0.261. The molecule has 2 amide bonds. The van der Waals surface area contributed by atoms with Crippen molar-refractivity contribution in [1.82, 2.24) is 10.2 Å². The molecule has 6 nitrogen and oxygen atoms in total. The van der Waals surface area contributed by atoms with Gasteiger partial charge in [-0.1, -0.05) is 13.8 Å². The summed E-state index contributed by atoms with van der Waals surface area (Å²) >= 11 is 0. The van der Waals surface area contributed by atoms with Crippen molar-refractivity contribution in [2.75, 3.05) is 26.2 Å². The van der Waals surface area contributed by atoms with E-state index >= 15 is 0 Å². The highest BCUT2D eigenvalue weighted by molar-refractivity contribution is 5.94. The number of carbonyl (C=O) groups is 2. The Bertz CT molecular complexity index is 493. The Morgan fingerprint density at radius 2 is 2.26 bits per heavy atom. The van der Waals surface area contributed by atoms with Crippen LogP contribution in [-0.4, -0.2) is 49.1 Å². The van der Waals surface area contributed by atoms with Crippen LogP contribution >= 0.6 is 0 Å². The van der Waals surface area contributed by atoms with E-state index in [9.17, 15) is 9.59 Å². The summed E-state index contributed by atoms with van der Waals surface area (Å²) in [5, 5.41) is 2.88. The average molecular weight is 322 g/mol. The van der Waals surface area contributed by atoms with Gasteiger partial charge in [0, 0.05) is 32.7 Å². The molecule has 0 bridgehead atoms. The third-order valence-corrected chi connectivity index (χ3v) is 3.82. The maximum absolute atomic E-state index is 12.6. The van der Waals surface area contributed by atoms with Crippen LogP contribution in [-0.2, 0) is 9.53 Å². The highest BCUT2D eigenvalue weighted by atomic mass is 16.5. The minimum absolute atomic E-state index is 0.0315. The van der Waals surface area contributed by atoms with Crippen molar-refractivity contribution >= 4 is 11.8 Å². The second kappa shape index (κ2) is 8.72. The molecule has 0 aromatic carbocycles. The molecule has 0 saturated carbocycles. The number of hydrogen-bond acceptors (Lipinski definition) is 4. The van der Waals surface area contributed by atoms with Gasteiger partial charge in [0.2, 0.25) is 5.91 Å². The van der Waals surface area contributed by atoms with Gasteiger partial charge in [-0.25, -0.2) is 0 Å². The van der Waals surface area contributed by atoms with Crippen LogP contribution in [0, 0.1) is 5.92 Å². The summed E-state index contributed by atoms with van der Waals surface area (Å²) in [6, 6.07) is 1.64. The lowest BCUT2D eigenvalue weighted by Crippen LogP contribution is -2.40. The van der Waals surface area contributed by atoms with Crippen molar-refractivity contribution in [3.63, 3.8) is 0 Å². The summed E-state index contributed by atoms with van der Waals surface area (Å²) in [7, 11) is 0. The van der Waals surface area contributed by atoms with Gasteiger partial charge in [0.05, 0.1) is 17.9 Å². The first kappa shape index (κ1) is 17.5. The predicted octanol–water partition coefficient (Wildman–Crippen LogP) is 2.06. The zero-order valence-electron chi connectivity index (χ0n) is 13.9. The minimum Gasteiger partial charge on any atom is -0.472 e. The Morgan fingerprint density at radius 3 is 2.87 bits per heavy atom. The molecule has 1 aliphatic rings. The fourth-order valence-corrected chi connectivity index (χ4v) is 2.52. The van der Waals surface area contributed by atoms with Crippen LogP contribution in [0.3, 0.4) is 0 Å². The Kier molecular flexibility index (Phi) is 6.65. The Labute approximate surface area is 137 Å². The Balaban J connectivity index is 1.90. The van der Waals surface area contributed by atoms with Crippen molar-refractivity contribution in [2.45, 2.75) is 39.2 Å². The highest BCUT2D eigenvalue weighted by Crippen LogP contribution is 2.15. The molecule has 1 N–H and O–H groups in total. The molecule has 6 heteroatoms. The summed E-state index contributed by atoms with van der Waals surface area (Å²) in [6.07, 6.45) is 5.24. The molecule has 2 rings (SSSR count). The first-order valence-corrected chi connectivity index (χ1v) is 8.26. The second-order valence-electron chi connectivity index (χ2n) is 6.35. The number of ether oxygens (including phenoxy) is 1. The third kappa shape index (κ3) is 5.71. The number of furan rings is 1. The SMILES string of the molecule is CC(C)CNC(=O)CCN(CC1CCCO1)C(=O)c1ccoc1. The molecule has 1 aliphatic heterocycles. The van der Waals surface area contributed by atoms with Gasteiger partial charge in [-0.3, -0.25) is 9.59 Å². The molecule has 1 atom stereocenters. The normalized spacial score (nSPS) is 17.4. The number of amides is 2. The van der Waals surface area contributed by atoms with E-state index < -0.39 is 0 Å². The van der Waals surface area contributed by atoms with Crippen LogP contribution in [0.1, 0.15) is 43.5 Å². The smallest absolute Gasteiger partial charge is 0.257 e. The molecule has 1 aromatic heterocycles. The molecule has 1 aromatic rings. The minimum atomic E-state index is -0.120. The molecule has 1 unspecified atom stereocenters. The quantitative estimate of drug-likeness (QED) is 0.795. The average Bonchev–Trinajstić information content (AvgIpc) is 3.21. The van der Waals surface area contributed by atoms with E-state index in [1.54, 1.807) is 11.0 Å². The highest BCUT2D eigenvalue weighted by Gasteiger charge is 2.24. The van der Waals surface area contributed by atoms with Gasteiger partial charge >= 0.3 is 0 Å². The molecule has 128 valence electrons. The Morgan fingerprint density at radius 1 is 1.43 bits per heavy atom. The van der Waals surface area contributed by atoms with E-state index in [1.807, 2.05) is 13.8 Å². The number of hydrogen-bond donors (Lipinski definition) is 1. The van der Waals surface area contributed by atoms with Gasteiger partial charge in [0.15, 0.2) is 0 Å². The third-order valence-electron chi connectivity index (χ3n) is 3.82. The van der Waals surface area contributed by atoms with Crippen molar-refractivity contribution in [3.8, 4) is 0 Å². The molecular formula is C17H26N2O4. The number of carbonyl (C=O) groups excluding carboxylic acids is 2. The first-order valence-electron chi connectivity index (χ1n) is 8.26. The fourth-order valence-electron chi connectivity index (χ4n) is 2.52. The van der Waals surface area contributed by atoms with Gasteiger partial charge in [-0.15, -0.1) is 0 Å². The van der Waals surface area contributed by atoms with E-state index in [-0.39, 0.29) is 17.9 Å². The molecule has 1 fully saturated rings. The van der Waals surface area contributed by atoms with Crippen molar-refractivity contribution < 1.29 is 18.7 Å².